The van der Waals surface area contributed by atoms with Gasteiger partial charge in [0.2, 0.25) is 0 Å². The first kappa shape index (κ1) is 21.7. The van der Waals surface area contributed by atoms with E-state index in [0.717, 1.165) is 16.9 Å². The summed E-state index contributed by atoms with van der Waals surface area (Å²) in [5, 5.41) is 13.7. The molecule has 0 amide bonds. The Labute approximate surface area is 201 Å². The van der Waals surface area contributed by atoms with Gasteiger partial charge < -0.3 is 24.5 Å². The van der Waals surface area contributed by atoms with Crippen LogP contribution < -0.4 is 10.2 Å². The quantitative estimate of drug-likeness (QED) is 0.310. The number of nitrogens with one attached hydrogen (secondary N) is 1. The summed E-state index contributed by atoms with van der Waals surface area (Å²) in [5.41, 5.74) is 2.95. The van der Waals surface area contributed by atoms with Crippen molar-refractivity contribution in [1.82, 2.24) is 10.3 Å². The number of carbonyl (C=O) groups is 1. The predicted molar refractivity (Wildman–Crippen MR) is 132 cm³/mol. The zero-order chi connectivity index (χ0) is 23.7. The van der Waals surface area contributed by atoms with Crippen molar-refractivity contribution >= 4 is 29.0 Å². The molecular formula is C26H21N3O4S. The van der Waals surface area contributed by atoms with E-state index in [0.29, 0.717) is 22.2 Å². The normalized spacial score (nSPS) is 17.4. The molecule has 2 aromatic heterocycles. The largest absolute Gasteiger partial charge is 0.508 e. The fourth-order valence-corrected chi connectivity index (χ4v) is 4.44. The Bertz CT molecular complexity index is 1320. The van der Waals surface area contributed by atoms with E-state index in [1.165, 1.54) is 7.11 Å². The number of methoxy groups -OCH3 is 1. The van der Waals surface area contributed by atoms with Gasteiger partial charge >= 0.3 is 5.97 Å². The molecule has 5 rings (SSSR count). The molecular weight excluding hydrogens is 450 g/mol. The number of hydrogen-bond acceptors (Lipinski definition) is 6. The molecule has 4 aromatic rings. The summed E-state index contributed by atoms with van der Waals surface area (Å²) in [6.45, 7) is 0. The summed E-state index contributed by atoms with van der Waals surface area (Å²) in [6.07, 6.45) is 1.75. The second-order valence-electron chi connectivity index (χ2n) is 7.78. The first-order chi connectivity index (χ1) is 16.5. The summed E-state index contributed by atoms with van der Waals surface area (Å²) in [7, 11) is 1.35. The van der Waals surface area contributed by atoms with Crippen LogP contribution in [0.4, 0.5) is 5.69 Å². The van der Waals surface area contributed by atoms with Crippen molar-refractivity contribution in [3.05, 3.63) is 102 Å². The molecule has 2 atom stereocenters. The first-order valence-electron chi connectivity index (χ1n) is 10.6. The molecule has 7 nitrogen and oxygen atoms in total. The maximum atomic E-state index is 11.7. The number of aromatic nitrogens is 1. The smallest absolute Gasteiger partial charge is 0.337 e. The van der Waals surface area contributed by atoms with Gasteiger partial charge in [0.1, 0.15) is 23.3 Å². The zero-order valence-corrected chi connectivity index (χ0v) is 19.0. The van der Waals surface area contributed by atoms with E-state index in [9.17, 15) is 9.90 Å². The molecule has 2 N–H and O–H groups in total. The lowest BCUT2D eigenvalue weighted by Crippen LogP contribution is -2.29. The van der Waals surface area contributed by atoms with Crippen molar-refractivity contribution < 1.29 is 19.1 Å². The van der Waals surface area contributed by atoms with Gasteiger partial charge in [-0.1, -0.05) is 18.2 Å². The van der Waals surface area contributed by atoms with Gasteiger partial charge in [-0.2, -0.15) is 0 Å². The van der Waals surface area contributed by atoms with Crippen molar-refractivity contribution in [2.45, 2.75) is 12.1 Å². The van der Waals surface area contributed by atoms with Crippen molar-refractivity contribution in [1.29, 1.82) is 0 Å². The SMILES string of the molecule is COC(=O)c1ccc(-c2ccc(C3C(c4ccccn4)NC(=S)N3c3ccc(O)cc3)o2)cc1. The Hall–Kier alpha value is -4.17. The fraction of sp³-hybridized carbons (Fsp3) is 0.115. The third kappa shape index (κ3) is 3.99. The Kier molecular flexibility index (Phi) is 5.73. The molecule has 0 spiro atoms. The molecule has 1 aliphatic rings. The van der Waals surface area contributed by atoms with Crippen LogP contribution in [0, 0.1) is 0 Å². The van der Waals surface area contributed by atoms with Crippen LogP contribution in [0.15, 0.2) is 89.5 Å². The number of aromatic hydroxyl groups is 1. The highest BCUT2D eigenvalue weighted by molar-refractivity contribution is 7.80. The molecule has 0 bridgehead atoms. The maximum Gasteiger partial charge on any atom is 0.337 e. The molecule has 170 valence electrons. The topological polar surface area (TPSA) is 87.8 Å². The van der Waals surface area contributed by atoms with Gasteiger partial charge in [-0.05, 0) is 72.9 Å². The molecule has 0 aliphatic carbocycles. The van der Waals surface area contributed by atoms with E-state index in [1.54, 1.807) is 30.5 Å². The minimum Gasteiger partial charge on any atom is -0.508 e. The summed E-state index contributed by atoms with van der Waals surface area (Å²) < 4.78 is 11.1. The number of anilines is 1. The van der Waals surface area contributed by atoms with Gasteiger partial charge in [-0.3, -0.25) is 4.98 Å². The number of phenolic OH excluding ortho intramolecular Hbond substituents is 1. The summed E-state index contributed by atoms with van der Waals surface area (Å²) >= 11 is 5.70. The standard InChI is InChI=1S/C26H21N3O4S/c1-32-25(31)17-7-5-16(6-8-17)21-13-14-22(33-21)24-23(20-4-2-3-15-27-20)28-26(34)29(24)18-9-11-19(30)12-10-18/h2-15,23-24,30H,1H3,(H,28,34). The Balaban J connectivity index is 1.54. The molecule has 2 aromatic carbocycles. The van der Waals surface area contributed by atoms with Crippen LogP contribution in [0.3, 0.4) is 0 Å². The maximum absolute atomic E-state index is 11.7. The number of esters is 1. The molecule has 1 fully saturated rings. The van der Waals surface area contributed by atoms with Crippen LogP contribution in [0.25, 0.3) is 11.3 Å². The van der Waals surface area contributed by atoms with Crippen molar-refractivity contribution in [2.24, 2.45) is 0 Å². The highest BCUT2D eigenvalue weighted by Gasteiger charge is 2.42. The van der Waals surface area contributed by atoms with Crippen molar-refractivity contribution in [2.75, 3.05) is 12.0 Å². The average Bonchev–Trinajstić information content (AvgIpc) is 3.49. The lowest BCUT2D eigenvalue weighted by atomic mass is 10.0. The number of rotatable bonds is 5. The summed E-state index contributed by atoms with van der Waals surface area (Å²) in [4.78, 5) is 18.2. The third-order valence-electron chi connectivity index (χ3n) is 5.73. The van der Waals surface area contributed by atoms with Gasteiger partial charge in [-0.25, -0.2) is 4.79 Å². The minimum absolute atomic E-state index is 0.176. The second kappa shape index (κ2) is 8.99. The van der Waals surface area contributed by atoms with E-state index >= 15 is 0 Å². The van der Waals surface area contributed by atoms with Gasteiger partial charge in [0.25, 0.3) is 0 Å². The van der Waals surface area contributed by atoms with Crippen LogP contribution in [0.5, 0.6) is 5.75 Å². The van der Waals surface area contributed by atoms with Gasteiger partial charge in [-0.15, -0.1) is 0 Å². The number of phenols is 1. The monoisotopic (exact) mass is 471 g/mol. The Morgan fingerprint density at radius 2 is 1.82 bits per heavy atom. The van der Waals surface area contributed by atoms with E-state index in [1.807, 2.05) is 59.5 Å². The highest BCUT2D eigenvalue weighted by Crippen LogP contribution is 2.43. The second-order valence-corrected chi connectivity index (χ2v) is 8.17. The van der Waals surface area contributed by atoms with Crippen molar-refractivity contribution in [3.63, 3.8) is 0 Å². The third-order valence-corrected chi connectivity index (χ3v) is 6.05. The van der Waals surface area contributed by atoms with Gasteiger partial charge in [0.05, 0.1) is 24.4 Å². The number of ether oxygens (including phenoxy) is 1. The van der Waals surface area contributed by atoms with Crippen LogP contribution >= 0.6 is 12.2 Å². The molecule has 8 heteroatoms. The van der Waals surface area contributed by atoms with Crippen LogP contribution in [-0.4, -0.2) is 28.3 Å². The first-order valence-corrected chi connectivity index (χ1v) is 11.0. The highest BCUT2D eigenvalue weighted by atomic mass is 32.1. The molecule has 3 heterocycles. The van der Waals surface area contributed by atoms with Crippen molar-refractivity contribution in [3.8, 4) is 17.1 Å². The summed E-state index contributed by atoms with van der Waals surface area (Å²) in [5.74, 6) is 1.15. The Morgan fingerprint density at radius 3 is 2.50 bits per heavy atom. The van der Waals surface area contributed by atoms with E-state index in [-0.39, 0.29) is 23.8 Å². The summed E-state index contributed by atoms with van der Waals surface area (Å²) in [6, 6.07) is 22.9. The molecule has 0 radical (unpaired) electrons. The van der Waals surface area contributed by atoms with Gasteiger partial charge in [0.15, 0.2) is 5.11 Å². The number of thiocarbonyl (C=S) groups is 1. The Morgan fingerprint density at radius 1 is 1.06 bits per heavy atom. The lowest BCUT2D eigenvalue weighted by molar-refractivity contribution is 0.0600. The number of hydrogen-bond donors (Lipinski definition) is 2. The minimum atomic E-state index is -0.389. The molecule has 1 aliphatic heterocycles. The fourth-order valence-electron chi connectivity index (χ4n) is 4.09. The molecule has 1 saturated heterocycles. The van der Waals surface area contributed by atoms with Crippen LogP contribution in [0.1, 0.15) is 33.9 Å². The molecule has 34 heavy (non-hydrogen) atoms. The molecule has 0 saturated carbocycles. The van der Waals surface area contributed by atoms with E-state index in [2.05, 4.69) is 10.3 Å². The van der Waals surface area contributed by atoms with Crippen LogP contribution in [0.2, 0.25) is 0 Å². The number of carbonyl (C=O) groups excluding carboxylic acids is 1. The zero-order valence-electron chi connectivity index (χ0n) is 18.2. The number of furan rings is 1. The lowest BCUT2D eigenvalue weighted by Gasteiger charge is -2.26. The number of nitrogens with zero attached hydrogens (tertiary/aromatic N) is 2. The molecule has 2 unspecified atom stereocenters. The number of pyridine rings is 1. The van der Waals surface area contributed by atoms with Gasteiger partial charge in [0, 0.05) is 17.4 Å². The van der Waals surface area contributed by atoms with E-state index < -0.39 is 0 Å². The van der Waals surface area contributed by atoms with E-state index in [4.69, 9.17) is 21.4 Å². The number of benzene rings is 2. The predicted octanol–water partition coefficient (Wildman–Crippen LogP) is 5.01. The van der Waals surface area contributed by atoms with Crippen LogP contribution in [-0.2, 0) is 4.74 Å². The average molecular weight is 472 g/mol.